The largest absolute Gasteiger partial charge is 0.352 e. The molecule has 3 nitrogen and oxygen atoms in total. The molecular formula is C24H33FN2O. The van der Waals surface area contributed by atoms with Gasteiger partial charge in [0.05, 0.1) is 5.56 Å². The fraction of sp³-hybridized carbons (Fsp3) is 0.625. The summed E-state index contributed by atoms with van der Waals surface area (Å²) in [6.45, 7) is 5.84. The summed E-state index contributed by atoms with van der Waals surface area (Å²) in [5, 5.41) is 3.06. The molecule has 1 N–H and O–H groups in total. The summed E-state index contributed by atoms with van der Waals surface area (Å²) in [6.07, 6.45) is 13.0. The zero-order chi connectivity index (χ0) is 19.7. The molecule has 0 spiro atoms. The van der Waals surface area contributed by atoms with Gasteiger partial charge in [0, 0.05) is 24.5 Å². The summed E-state index contributed by atoms with van der Waals surface area (Å²) in [5.74, 6) is 1.32. The van der Waals surface area contributed by atoms with Crippen molar-refractivity contribution in [3.05, 3.63) is 41.0 Å². The number of hydrogen-bond acceptors (Lipinski definition) is 1. The molecule has 0 aromatic carbocycles. The topological polar surface area (TPSA) is 34.0 Å². The second kappa shape index (κ2) is 8.26. The molecule has 1 aromatic rings. The Balaban J connectivity index is 1.65. The van der Waals surface area contributed by atoms with E-state index in [1.165, 1.54) is 32.1 Å². The number of nitrogens with zero attached hydrogens (tertiary/aromatic N) is 1. The minimum atomic E-state index is -0.120. The maximum absolute atomic E-state index is 14.2. The second-order valence-corrected chi connectivity index (χ2v) is 8.91. The molecule has 28 heavy (non-hydrogen) atoms. The van der Waals surface area contributed by atoms with Crippen LogP contribution < -0.4 is 5.32 Å². The highest BCUT2D eigenvalue weighted by Gasteiger charge is 2.42. The van der Waals surface area contributed by atoms with E-state index in [1.807, 2.05) is 6.07 Å². The van der Waals surface area contributed by atoms with Crippen LogP contribution in [-0.4, -0.2) is 17.0 Å². The Morgan fingerprint density at radius 1 is 1.29 bits per heavy atom. The van der Waals surface area contributed by atoms with E-state index in [-0.39, 0.29) is 11.7 Å². The Morgan fingerprint density at radius 3 is 2.82 bits per heavy atom. The Labute approximate surface area is 168 Å². The van der Waals surface area contributed by atoms with Gasteiger partial charge in [0.15, 0.2) is 0 Å². The number of allylic oxidation sites excluding steroid dienone is 4. The van der Waals surface area contributed by atoms with Crippen LogP contribution in [0.1, 0.15) is 80.0 Å². The van der Waals surface area contributed by atoms with E-state index in [9.17, 15) is 9.18 Å². The predicted octanol–water partition coefficient (Wildman–Crippen LogP) is 5.79. The van der Waals surface area contributed by atoms with Crippen molar-refractivity contribution in [1.82, 2.24) is 9.88 Å². The lowest BCUT2D eigenvalue weighted by molar-refractivity contribution is 0.0952. The molecule has 0 radical (unpaired) electrons. The van der Waals surface area contributed by atoms with Gasteiger partial charge in [-0.1, -0.05) is 32.6 Å². The molecule has 1 amide bonds. The first kappa shape index (κ1) is 19.5. The summed E-state index contributed by atoms with van der Waals surface area (Å²) in [4.78, 5) is 12.8. The van der Waals surface area contributed by atoms with Crippen molar-refractivity contribution in [2.45, 2.75) is 71.8 Å². The molecule has 4 rings (SSSR count). The van der Waals surface area contributed by atoms with Crippen LogP contribution in [0, 0.1) is 24.7 Å². The van der Waals surface area contributed by atoms with Gasteiger partial charge in [0.1, 0.15) is 5.83 Å². The number of fused-ring (bicyclic) bond motifs is 1. The number of aromatic nitrogens is 1. The number of carbonyl (C=O) groups is 1. The van der Waals surface area contributed by atoms with Gasteiger partial charge in [-0.25, -0.2) is 4.39 Å². The second-order valence-electron chi connectivity index (χ2n) is 8.91. The monoisotopic (exact) mass is 384 g/mol. The highest BCUT2D eigenvalue weighted by Crippen LogP contribution is 2.53. The molecule has 0 aliphatic heterocycles. The summed E-state index contributed by atoms with van der Waals surface area (Å²) < 4.78 is 16.5. The zero-order valence-corrected chi connectivity index (χ0v) is 17.3. The van der Waals surface area contributed by atoms with Gasteiger partial charge in [-0.3, -0.25) is 4.79 Å². The van der Waals surface area contributed by atoms with E-state index in [0.29, 0.717) is 24.3 Å². The number of unbranched alkanes of at least 4 members (excludes halogenated alkanes) is 1. The quantitative estimate of drug-likeness (QED) is 0.593. The molecule has 2 fully saturated rings. The van der Waals surface area contributed by atoms with Crippen LogP contribution in [0.25, 0.3) is 5.57 Å². The van der Waals surface area contributed by atoms with Crippen LogP contribution in [0.2, 0.25) is 0 Å². The number of halogens is 1. The molecule has 2 atom stereocenters. The van der Waals surface area contributed by atoms with E-state index in [4.69, 9.17) is 0 Å². The third kappa shape index (κ3) is 3.97. The van der Waals surface area contributed by atoms with Crippen LogP contribution in [0.5, 0.6) is 0 Å². The van der Waals surface area contributed by atoms with Crippen molar-refractivity contribution in [1.29, 1.82) is 0 Å². The Hall–Kier alpha value is -1.84. The van der Waals surface area contributed by atoms with Crippen LogP contribution >= 0.6 is 0 Å². The van der Waals surface area contributed by atoms with Crippen molar-refractivity contribution in [3.8, 4) is 0 Å². The fourth-order valence-corrected chi connectivity index (χ4v) is 4.98. The zero-order valence-electron chi connectivity index (χ0n) is 17.3. The number of nitrogens with one attached hydrogen (secondary N) is 1. The van der Waals surface area contributed by atoms with Crippen molar-refractivity contribution >= 4 is 11.5 Å². The summed E-state index contributed by atoms with van der Waals surface area (Å²) in [5.41, 5.74) is 3.95. The average molecular weight is 385 g/mol. The first-order valence-corrected chi connectivity index (χ1v) is 11.2. The third-order valence-corrected chi connectivity index (χ3v) is 6.79. The maximum atomic E-state index is 14.2. The normalized spacial score (nSPS) is 24.4. The SMILES string of the molecule is CCCCNC(=O)c1cc(C2=CC(F)=CC3CC23)n(CC2CCCCC2)c1C. The van der Waals surface area contributed by atoms with Crippen molar-refractivity contribution in [3.63, 3.8) is 0 Å². The molecule has 0 bridgehead atoms. The van der Waals surface area contributed by atoms with E-state index in [0.717, 1.165) is 48.3 Å². The van der Waals surface area contributed by atoms with E-state index >= 15 is 0 Å². The van der Waals surface area contributed by atoms with Gasteiger partial charge in [0.25, 0.3) is 5.91 Å². The van der Waals surface area contributed by atoms with Gasteiger partial charge < -0.3 is 9.88 Å². The van der Waals surface area contributed by atoms with Gasteiger partial charge in [0.2, 0.25) is 0 Å². The fourth-order valence-electron chi connectivity index (χ4n) is 4.98. The molecule has 152 valence electrons. The van der Waals surface area contributed by atoms with Crippen molar-refractivity contribution in [2.75, 3.05) is 6.54 Å². The van der Waals surface area contributed by atoms with E-state index in [1.54, 1.807) is 12.2 Å². The van der Waals surface area contributed by atoms with Gasteiger partial charge in [-0.2, -0.15) is 0 Å². The molecule has 3 aliphatic carbocycles. The minimum absolute atomic E-state index is 0.00867. The molecule has 1 aromatic heterocycles. The lowest BCUT2D eigenvalue weighted by Gasteiger charge is -2.25. The van der Waals surface area contributed by atoms with Gasteiger partial charge in [-0.15, -0.1) is 0 Å². The maximum Gasteiger partial charge on any atom is 0.253 e. The first-order chi connectivity index (χ1) is 13.6. The molecule has 0 saturated heterocycles. The number of amides is 1. The molecule has 2 saturated carbocycles. The molecule has 4 heteroatoms. The summed E-state index contributed by atoms with van der Waals surface area (Å²) >= 11 is 0. The van der Waals surface area contributed by atoms with Crippen LogP contribution in [-0.2, 0) is 6.54 Å². The Kier molecular flexibility index (Phi) is 5.75. The van der Waals surface area contributed by atoms with E-state index in [2.05, 4.69) is 23.7 Å². The van der Waals surface area contributed by atoms with Crippen LogP contribution in [0.15, 0.2) is 24.0 Å². The van der Waals surface area contributed by atoms with Crippen molar-refractivity contribution < 1.29 is 9.18 Å². The number of carbonyl (C=O) groups excluding carboxylic acids is 1. The highest BCUT2D eigenvalue weighted by molar-refractivity contribution is 5.96. The first-order valence-electron chi connectivity index (χ1n) is 11.2. The highest BCUT2D eigenvalue weighted by atomic mass is 19.1. The standard InChI is InChI=1S/C24H33FN2O/c1-3-4-10-26-24(28)20-14-23(22-13-19(25)11-18-12-21(18)22)27(16(20)2)15-17-8-6-5-7-9-17/h11,13-14,17-18,21H,3-10,12,15H2,1-2H3,(H,26,28). The third-order valence-electron chi connectivity index (χ3n) is 6.79. The lowest BCUT2D eigenvalue weighted by atomic mass is 9.89. The smallest absolute Gasteiger partial charge is 0.253 e. The minimum Gasteiger partial charge on any atom is -0.352 e. The van der Waals surface area contributed by atoms with E-state index < -0.39 is 0 Å². The molecular weight excluding hydrogens is 351 g/mol. The van der Waals surface area contributed by atoms with Crippen LogP contribution in [0.3, 0.4) is 0 Å². The summed E-state index contributed by atoms with van der Waals surface area (Å²) in [7, 11) is 0. The predicted molar refractivity (Wildman–Crippen MR) is 112 cm³/mol. The molecule has 3 aliphatic rings. The number of hydrogen-bond donors (Lipinski definition) is 1. The molecule has 2 unspecified atom stereocenters. The Bertz CT molecular complexity index is 798. The molecule has 1 heterocycles. The number of rotatable bonds is 7. The summed E-state index contributed by atoms with van der Waals surface area (Å²) in [6, 6.07) is 2.03. The van der Waals surface area contributed by atoms with Crippen LogP contribution in [0.4, 0.5) is 4.39 Å². The van der Waals surface area contributed by atoms with Crippen molar-refractivity contribution in [2.24, 2.45) is 17.8 Å². The average Bonchev–Trinajstić information content (AvgIpc) is 3.40. The van der Waals surface area contributed by atoms with Gasteiger partial charge in [-0.05, 0) is 74.2 Å². The van der Waals surface area contributed by atoms with Gasteiger partial charge >= 0.3 is 0 Å². The lowest BCUT2D eigenvalue weighted by Crippen LogP contribution is -2.25. The Morgan fingerprint density at radius 2 is 2.07 bits per heavy atom.